The van der Waals surface area contributed by atoms with Crippen LogP contribution in [0.3, 0.4) is 0 Å². The van der Waals surface area contributed by atoms with Crippen molar-refractivity contribution < 1.29 is 13.6 Å². The number of benzene rings is 2. The Morgan fingerprint density at radius 2 is 2.00 bits per heavy atom. The zero-order chi connectivity index (χ0) is 15.6. The van der Waals surface area contributed by atoms with Gasteiger partial charge in [-0.15, -0.1) is 0 Å². The van der Waals surface area contributed by atoms with Crippen LogP contribution in [-0.4, -0.2) is 5.91 Å². The van der Waals surface area contributed by atoms with Gasteiger partial charge in [-0.1, -0.05) is 17.7 Å². The third-order valence-electron chi connectivity index (χ3n) is 2.94. The van der Waals surface area contributed by atoms with Crippen LogP contribution >= 0.6 is 27.5 Å². The lowest BCUT2D eigenvalue weighted by Crippen LogP contribution is -2.16. The van der Waals surface area contributed by atoms with E-state index in [1.54, 1.807) is 6.92 Å². The highest BCUT2D eigenvalue weighted by molar-refractivity contribution is 9.10. The summed E-state index contributed by atoms with van der Waals surface area (Å²) in [6.45, 7) is 1.67. The lowest BCUT2D eigenvalue weighted by atomic mass is 10.1. The number of hydrogen-bond acceptors (Lipinski definition) is 1. The van der Waals surface area contributed by atoms with E-state index in [0.717, 1.165) is 0 Å². The van der Waals surface area contributed by atoms with E-state index in [0.29, 0.717) is 11.3 Å². The number of carbonyl (C=O) groups excluding carboxylic acids is 1. The van der Waals surface area contributed by atoms with Crippen molar-refractivity contribution in [1.82, 2.24) is 0 Å². The molecule has 0 aliphatic heterocycles. The van der Waals surface area contributed by atoms with Gasteiger partial charge in [-0.3, -0.25) is 4.79 Å². The predicted molar refractivity (Wildman–Crippen MR) is 82.6 cm³/mol. The predicted octanol–water partition coefficient (Wildman–Crippen LogP) is 4.87. The van der Waals surface area contributed by atoms with Gasteiger partial charge in [-0.25, -0.2) is 8.78 Å². The highest BCUT2D eigenvalue weighted by Crippen LogP contribution is 2.25. The first-order valence-electron chi connectivity index (χ1n) is 6.07. The maximum Gasteiger partial charge on any atom is 0.228 e. The quantitative estimate of drug-likeness (QED) is 0.816. The van der Waals surface area contributed by atoms with E-state index in [1.165, 1.54) is 30.3 Å². The summed E-state index contributed by atoms with van der Waals surface area (Å²) in [6.07, 6.45) is -0.195. The van der Waals surface area contributed by atoms with Crippen molar-refractivity contribution in [2.45, 2.75) is 13.3 Å². The van der Waals surface area contributed by atoms with Gasteiger partial charge in [-0.2, -0.15) is 0 Å². The summed E-state index contributed by atoms with van der Waals surface area (Å²) in [7, 11) is 0. The lowest BCUT2D eigenvalue weighted by molar-refractivity contribution is -0.115. The standard InChI is InChI=1S/C15H11BrClF2NO/c1-8-5-13(19)10(16)7-14(8)20-15(21)6-9-11(17)3-2-4-12(9)18/h2-5,7H,6H2,1H3,(H,20,21). The Bertz CT molecular complexity index is 686. The number of carbonyl (C=O) groups is 1. The van der Waals surface area contributed by atoms with Crippen molar-refractivity contribution in [3.8, 4) is 0 Å². The Morgan fingerprint density at radius 3 is 2.67 bits per heavy atom. The molecule has 2 rings (SSSR count). The molecule has 0 aromatic heterocycles. The molecule has 0 saturated carbocycles. The van der Waals surface area contributed by atoms with Crippen LogP contribution in [0.4, 0.5) is 14.5 Å². The second kappa shape index (κ2) is 6.54. The Kier molecular flexibility index (Phi) is 4.96. The molecule has 21 heavy (non-hydrogen) atoms. The molecule has 0 saturated heterocycles. The van der Waals surface area contributed by atoms with Crippen LogP contribution in [-0.2, 0) is 11.2 Å². The molecular weight excluding hydrogens is 364 g/mol. The average Bonchev–Trinajstić information content (AvgIpc) is 2.40. The number of nitrogens with one attached hydrogen (secondary N) is 1. The van der Waals surface area contributed by atoms with Crippen LogP contribution in [0.1, 0.15) is 11.1 Å². The van der Waals surface area contributed by atoms with Crippen LogP contribution in [0.5, 0.6) is 0 Å². The van der Waals surface area contributed by atoms with Gasteiger partial charge in [0.15, 0.2) is 0 Å². The second-order valence-electron chi connectivity index (χ2n) is 4.51. The Hall–Kier alpha value is -1.46. The number of rotatable bonds is 3. The third-order valence-corrected chi connectivity index (χ3v) is 3.90. The van der Waals surface area contributed by atoms with Gasteiger partial charge in [-0.05, 0) is 52.7 Å². The van der Waals surface area contributed by atoms with Crippen molar-refractivity contribution in [2.75, 3.05) is 5.32 Å². The minimum Gasteiger partial charge on any atom is -0.326 e. The maximum atomic E-state index is 13.6. The highest BCUT2D eigenvalue weighted by Gasteiger charge is 2.13. The molecule has 0 spiro atoms. The number of hydrogen-bond donors (Lipinski definition) is 1. The van der Waals surface area contributed by atoms with E-state index in [2.05, 4.69) is 21.2 Å². The van der Waals surface area contributed by atoms with Gasteiger partial charge in [0, 0.05) is 16.3 Å². The molecule has 110 valence electrons. The average molecular weight is 375 g/mol. The maximum absolute atomic E-state index is 13.6. The van der Waals surface area contributed by atoms with E-state index in [4.69, 9.17) is 11.6 Å². The topological polar surface area (TPSA) is 29.1 Å². The zero-order valence-electron chi connectivity index (χ0n) is 11.0. The van der Waals surface area contributed by atoms with Crippen LogP contribution in [0.15, 0.2) is 34.8 Å². The summed E-state index contributed by atoms with van der Waals surface area (Å²) in [4.78, 5) is 12.0. The molecule has 0 aliphatic rings. The first kappa shape index (κ1) is 15.9. The van der Waals surface area contributed by atoms with Gasteiger partial charge >= 0.3 is 0 Å². The molecule has 1 N–H and O–H groups in total. The molecule has 2 aromatic carbocycles. The summed E-state index contributed by atoms with van der Waals surface area (Å²) in [5, 5.41) is 2.82. The molecule has 0 bridgehead atoms. The number of aryl methyl sites for hydroxylation is 1. The van der Waals surface area contributed by atoms with Crippen LogP contribution in [0.25, 0.3) is 0 Å². The van der Waals surface area contributed by atoms with Gasteiger partial charge in [0.1, 0.15) is 11.6 Å². The molecule has 1 amide bonds. The molecule has 2 nitrogen and oxygen atoms in total. The van der Waals surface area contributed by atoms with Crippen molar-refractivity contribution in [3.05, 3.63) is 62.6 Å². The SMILES string of the molecule is Cc1cc(F)c(Br)cc1NC(=O)Cc1c(F)cccc1Cl. The molecule has 0 fully saturated rings. The minimum atomic E-state index is -0.533. The molecule has 0 unspecified atom stereocenters. The summed E-state index contributed by atoms with van der Waals surface area (Å²) in [5.74, 6) is -1.37. The molecule has 2 aromatic rings. The zero-order valence-corrected chi connectivity index (χ0v) is 13.4. The van der Waals surface area contributed by atoms with E-state index in [1.807, 2.05) is 0 Å². The normalized spacial score (nSPS) is 10.5. The first-order chi connectivity index (χ1) is 9.88. The highest BCUT2D eigenvalue weighted by atomic mass is 79.9. The fraction of sp³-hybridized carbons (Fsp3) is 0.133. The number of anilines is 1. The Morgan fingerprint density at radius 1 is 1.29 bits per heavy atom. The molecule has 0 heterocycles. The summed E-state index contributed by atoms with van der Waals surface area (Å²) >= 11 is 8.93. The van der Waals surface area contributed by atoms with Crippen LogP contribution in [0, 0.1) is 18.6 Å². The Labute approximate surface area is 134 Å². The summed E-state index contributed by atoms with van der Waals surface area (Å²) in [5.41, 5.74) is 1.17. The monoisotopic (exact) mass is 373 g/mol. The largest absolute Gasteiger partial charge is 0.326 e. The van der Waals surface area contributed by atoms with Crippen molar-refractivity contribution >= 4 is 39.1 Å². The minimum absolute atomic E-state index is 0.135. The van der Waals surface area contributed by atoms with E-state index < -0.39 is 17.5 Å². The van der Waals surface area contributed by atoms with Gasteiger partial charge in [0.05, 0.1) is 10.9 Å². The first-order valence-corrected chi connectivity index (χ1v) is 7.24. The van der Waals surface area contributed by atoms with Gasteiger partial charge < -0.3 is 5.32 Å². The molecule has 0 atom stereocenters. The van der Waals surface area contributed by atoms with Crippen molar-refractivity contribution in [2.24, 2.45) is 0 Å². The lowest BCUT2D eigenvalue weighted by Gasteiger charge is -2.10. The summed E-state index contributed by atoms with van der Waals surface area (Å²) in [6, 6.07) is 7.00. The van der Waals surface area contributed by atoms with Gasteiger partial charge in [0.25, 0.3) is 0 Å². The molecule has 6 heteroatoms. The molecular formula is C15H11BrClF2NO. The van der Waals surface area contributed by atoms with Crippen LogP contribution < -0.4 is 5.32 Å². The fourth-order valence-electron chi connectivity index (χ4n) is 1.84. The fourth-order valence-corrected chi connectivity index (χ4v) is 2.41. The Balaban J connectivity index is 2.18. The molecule has 0 aliphatic carbocycles. The van der Waals surface area contributed by atoms with Crippen LogP contribution in [0.2, 0.25) is 5.02 Å². The molecule has 0 radical (unpaired) electrons. The smallest absolute Gasteiger partial charge is 0.228 e. The van der Waals surface area contributed by atoms with Gasteiger partial charge in [0.2, 0.25) is 5.91 Å². The van der Waals surface area contributed by atoms with Crippen molar-refractivity contribution in [1.29, 1.82) is 0 Å². The number of amides is 1. The van der Waals surface area contributed by atoms with E-state index in [-0.39, 0.29) is 21.5 Å². The van der Waals surface area contributed by atoms with Crippen molar-refractivity contribution in [3.63, 3.8) is 0 Å². The van der Waals surface area contributed by atoms with E-state index in [9.17, 15) is 13.6 Å². The second-order valence-corrected chi connectivity index (χ2v) is 5.77. The van der Waals surface area contributed by atoms with E-state index >= 15 is 0 Å². The third kappa shape index (κ3) is 3.80. The number of halogens is 4. The summed E-state index contributed by atoms with van der Waals surface area (Å²) < 4.78 is 27.2.